The topological polar surface area (TPSA) is 12.5 Å². The van der Waals surface area contributed by atoms with E-state index in [0.717, 1.165) is 12.1 Å². The van der Waals surface area contributed by atoms with Gasteiger partial charge in [0, 0.05) is 12.1 Å². The number of ether oxygens (including phenoxy) is 1. The number of likely N-dealkylation sites (tertiary alicyclic amines) is 1. The zero-order chi connectivity index (χ0) is 11.5. The van der Waals surface area contributed by atoms with Gasteiger partial charge < -0.3 is 9.64 Å². The molecule has 2 rings (SSSR count). The molecule has 1 heterocycles. The van der Waals surface area contributed by atoms with Gasteiger partial charge in [-0.1, -0.05) is 0 Å². The van der Waals surface area contributed by atoms with Gasteiger partial charge in [0.15, 0.2) is 0 Å². The van der Waals surface area contributed by atoms with E-state index < -0.39 is 0 Å². The number of aryl methyl sites for hydroxylation is 1. The largest absolute Gasteiger partial charge is 0.492 e. The second-order valence-corrected chi connectivity index (χ2v) is 4.55. The van der Waals surface area contributed by atoms with Crippen LogP contribution >= 0.6 is 0 Å². The Hall–Kier alpha value is -1.09. The van der Waals surface area contributed by atoms with Crippen LogP contribution in [0.15, 0.2) is 18.2 Å². The van der Waals surface area contributed by atoms with E-state index in [2.05, 4.69) is 11.9 Å². The normalized spacial score (nSPS) is 21.3. The summed E-state index contributed by atoms with van der Waals surface area (Å²) in [6.07, 6.45) is 2.40. The van der Waals surface area contributed by atoms with Gasteiger partial charge in [-0.05, 0) is 51.1 Å². The van der Waals surface area contributed by atoms with E-state index in [0.29, 0.717) is 18.4 Å². The molecule has 0 bridgehead atoms. The summed E-state index contributed by atoms with van der Waals surface area (Å²) in [5.41, 5.74) is 0.898. The Morgan fingerprint density at radius 2 is 2.25 bits per heavy atom. The van der Waals surface area contributed by atoms with Crippen LogP contribution in [0.25, 0.3) is 0 Å². The lowest BCUT2D eigenvalue weighted by Gasteiger charge is -2.19. The van der Waals surface area contributed by atoms with Gasteiger partial charge in [-0.2, -0.15) is 0 Å². The number of hydrogen-bond acceptors (Lipinski definition) is 2. The quantitative estimate of drug-likeness (QED) is 0.781. The first-order valence-corrected chi connectivity index (χ1v) is 5.75. The molecule has 2 nitrogen and oxygen atoms in total. The fraction of sp³-hybridized carbons (Fsp3) is 0.538. The maximum atomic E-state index is 13.1. The second kappa shape index (κ2) is 4.83. The van der Waals surface area contributed by atoms with Crippen LogP contribution < -0.4 is 4.74 Å². The molecular weight excluding hydrogens is 205 g/mol. The molecule has 0 N–H and O–H groups in total. The Balaban J connectivity index is 1.94. The molecule has 0 aliphatic carbocycles. The summed E-state index contributed by atoms with van der Waals surface area (Å²) in [6, 6.07) is 5.30. The van der Waals surface area contributed by atoms with E-state index in [9.17, 15) is 4.39 Å². The minimum Gasteiger partial charge on any atom is -0.492 e. The predicted octanol–water partition coefficient (Wildman–Crippen LogP) is 2.61. The number of rotatable bonds is 3. The standard InChI is InChI=1S/C13H18FNO/c1-10-6-11(14)8-13(7-10)16-9-12-4-3-5-15(12)2/h6-8,12H,3-5,9H2,1-2H3. The van der Waals surface area contributed by atoms with Crippen molar-refractivity contribution in [3.8, 4) is 5.75 Å². The summed E-state index contributed by atoms with van der Waals surface area (Å²) in [7, 11) is 2.11. The van der Waals surface area contributed by atoms with Crippen LogP contribution in [0.4, 0.5) is 4.39 Å². The Labute approximate surface area is 96.0 Å². The minimum absolute atomic E-state index is 0.227. The highest BCUT2D eigenvalue weighted by Crippen LogP contribution is 2.19. The van der Waals surface area contributed by atoms with Gasteiger partial charge in [0.05, 0.1) is 0 Å². The van der Waals surface area contributed by atoms with E-state index in [1.165, 1.54) is 25.0 Å². The van der Waals surface area contributed by atoms with Gasteiger partial charge in [0.25, 0.3) is 0 Å². The predicted molar refractivity (Wildman–Crippen MR) is 62.3 cm³/mol. The Bertz CT molecular complexity index is 347. The van der Waals surface area contributed by atoms with E-state index in [1.54, 1.807) is 0 Å². The second-order valence-electron chi connectivity index (χ2n) is 4.55. The summed E-state index contributed by atoms with van der Waals surface area (Å²) in [6.45, 7) is 3.66. The molecule has 16 heavy (non-hydrogen) atoms. The van der Waals surface area contributed by atoms with Crippen molar-refractivity contribution in [2.75, 3.05) is 20.2 Å². The molecule has 1 atom stereocenters. The Morgan fingerprint density at radius 1 is 1.44 bits per heavy atom. The summed E-state index contributed by atoms with van der Waals surface area (Å²) < 4.78 is 18.8. The first-order chi connectivity index (χ1) is 7.65. The van der Waals surface area contributed by atoms with Crippen molar-refractivity contribution in [1.82, 2.24) is 4.90 Å². The molecule has 1 saturated heterocycles. The molecule has 1 aliphatic heterocycles. The first-order valence-electron chi connectivity index (χ1n) is 5.75. The fourth-order valence-electron chi connectivity index (χ4n) is 2.17. The maximum Gasteiger partial charge on any atom is 0.127 e. The van der Waals surface area contributed by atoms with Gasteiger partial charge in [-0.3, -0.25) is 0 Å². The number of likely N-dealkylation sites (N-methyl/N-ethyl adjacent to an activating group) is 1. The third-order valence-corrected chi connectivity index (χ3v) is 3.13. The SMILES string of the molecule is Cc1cc(F)cc(OCC2CCCN2C)c1. The molecule has 88 valence electrons. The van der Waals surface area contributed by atoms with E-state index in [4.69, 9.17) is 4.74 Å². The lowest BCUT2D eigenvalue weighted by molar-refractivity contribution is 0.197. The third kappa shape index (κ3) is 2.73. The average molecular weight is 223 g/mol. The summed E-state index contributed by atoms with van der Waals surface area (Å²) in [5.74, 6) is 0.410. The van der Waals surface area contributed by atoms with Gasteiger partial charge in [-0.15, -0.1) is 0 Å². The van der Waals surface area contributed by atoms with E-state index in [-0.39, 0.29) is 5.82 Å². The molecule has 0 aromatic heterocycles. The summed E-state index contributed by atoms with van der Waals surface area (Å²) in [5, 5.41) is 0. The van der Waals surface area contributed by atoms with Crippen LogP contribution in [-0.4, -0.2) is 31.1 Å². The highest BCUT2D eigenvalue weighted by atomic mass is 19.1. The molecule has 1 aromatic carbocycles. The van der Waals surface area contributed by atoms with Crippen molar-refractivity contribution in [3.63, 3.8) is 0 Å². The maximum absolute atomic E-state index is 13.1. The number of halogens is 1. The molecule has 1 unspecified atom stereocenters. The van der Waals surface area contributed by atoms with Gasteiger partial charge in [-0.25, -0.2) is 4.39 Å². The third-order valence-electron chi connectivity index (χ3n) is 3.13. The van der Waals surface area contributed by atoms with Crippen LogP contribution in [0.5, 0.6) is 5.75 Å². The van der Waals surface area contributed by atoms with Gasteiger partial charge >= 0.3 is 0 Å². The minimum atomic E-state index is -0.227. The average Bonchev–Trinajstić information content (AvgIpc) is 2.59. The Morgan fingerprint density at radius 3 is 2.88 bits per heavy atom. The van der Waals surface area contributed by atoms with Crippen LogP contribution in [-0.2, 0) is 0 Å². The molecule has 1 aliphatic rings. The van der Waals surface area contributed by atoms with Crippen molar-refractivity contribution < 1.29 is 9.13 Å². The van der Waals surface area contributed by atoms with E-state index in [1.807, 2.05) is 13.0 Å². The molecule has 1 aromatic rings. The zero-order valence-electron chi connectivity index (χ0n) is 9.87. The van der Waals surface area contributed by atoms with Crippen LogP contribution in [0.2, 0.25) is 0 Å². The number of nitrogens with zero attached hydrogens (tertiary/aromatic N) is 1. The lowest BCUT2D eigenvalue weighted by atomic mass is 10.2. The Kier molecular flexibility index (Phi) is 3.44. The van der Waals surface area contributed by atoms with Gasteiger partial charge in [0.1, 0.15) is 18.2 Å². The smallest absolute Gasteiger partial charge is 0.127 e. The molecular formula is C13H18FNO. The highest BCUT2D eigenvalue weighted by molar-refractivity contribution is 5.28. The lowest BCUT2D eigenvalue weighted by Crippen LogP contribution is -2.30. The van der Waals surface area contributed by atoms with Crippen molar-refractivity contribution in [3.05, 3.63) is 29.6 Å². The van der Waals surface area contributed by atoms with Crippen molar-refractivity contribution in [1.29, 1.82) is 0 Å². The highest BCUT2D eigenvalue weighted by Gasteiger charge is 2.21. The van der Waals surface area contributed by atoms with Crippen LogP contribution in [0, 0.1) is 12.7 Å². The zero-order valence-corrected chi connectivity index (χ0v) is 9.87. The van der Waals surface area contributed by atoms with Crippen LogP contribution in [0.1, 0.15) is 18.4 Å². The van der Waals surface area contributed by atoms with E-state index >= 15 is 0 Å². The molecule has 0 saturated carbocycles. The summed E-state index contributed by atoms with van der Waals surface area (Å²) >= 11 is 0. The number of benzene rings is 1. The van der Waals surface area contributed by atoms with Gasteiger partial charge in [0.2, 0.25) is 0 Å². The number of hydrogen-bond donors (Lipinski definition) is 0. The summed E-state index contributed by atoms with van der Waals surface area (Å²) in [4.78, 5) is 2.30. The fourth-order valence-corrected chi connectivity index (χ4v) is 2.17. The van der Waals surface area contributed by atoms with Crippen LogP contribution in [0.3, 0.4) is 0 Å². The monoisotopic (exact) mass is 223 g/mol. The molecule has 0 amide bonds. The van der Waals surface area contributed by atoms with Crippen molar-refractivity contribution >= 4 is 0 Å². The van der Waals surface area contributed by atoms with Crippen molar-refractivity contribution in [2.45, 2.75) is 25.8 Å². The molecule has 0 radical (unpaired) electrons. The van der Waals surface area contributed by atoms with Crippen molar-refractivity contribution in [2.24, 2.45) is 0 Å². The molecule has 1 fully saturated rings. The molecule has 0 spiro atoms. The first kappa shape index (κ1) is 11.4. The molecule has 3 heteroatoms.